The van der Waals surface area contributed by atoms with Crippen molar-refractivity contribution >= 4 is 33.2 Å². The first kappa shape index (κ1) is 27.9. The zero-order valence-corrected chi connectivity index (χ0v) is 21.7. The van der Waals surface area contributed by atoms with E-state index in [0.717, 1.165) is 33.6 Å². The summed E-state index contributed by atoms with van der Waals surface area (Å²) >= 11 is 11.8. The third-order valence-electron chi connectivity index (χ3n) is 5.70. The van der Waals surface area contributed by atoms with E-state index in [1.54, 1.807) is 42.5 Å². The fourth-order valence-corrected chi connectivity index (χ4v) is 5.80. The van der Waals surface area contributed by atoms with Crippen LogP contribution in [0.5, 0.6) is 5.75 Å². The lowest BCUT2D eigenvalue weighted by atomic mass is 10.0. The monoisotopic (exact) mass is 583 g/mol. The number of sulfonamides is 1. The number of benzene rings is 4. The number of halogens is 6. The van der Waals surface area contributed by atoms with Crippen molar-refractivity contribution in [2.45, 2.75) is 24.2 Å². The first-order valence-corrected chi connectivity index (χ1v) is 13.2. The molecule has 1 N–H and O–H groups in total. The maximum absolute atomic E-state index is 13.7. The molecule has 4 aromatic carbocycles. The lowest BCUT2D eigenvalue weighted by molar-refractivity contribution is -0.139. The van der Waals surface area contributed by atoms with Gasteiger partial charge in [0, 0.05) is 23.1 Å². The highest BCUT2D eigenvalue weighted by molar-refractivity contribution is 7.89. The van der Waals surface area contributed by atoms with E-state index in [4.69, 9.17) is 23.2 Å². The van der Waals surface area contributed by atoms with Gasteiger partial charge in [0.2, 0.25) is 10.0 Å². The largest absolute Gasteiger partial charge is 0.506 e. The molecule has 0 radical (unpaired) electrons. The number of phenolic OH excluding ortho intramolecular Hbond substituents is 1. The molecule has 0 aliphatic rings. The van der Waals surface area contributed by atoms with Crippen LogP contribution in [0.25, 0.3) is 11.1 Å². The van der Waals surface area contributed by atoms with Gasteiger partial charge in [0.15, 0.2) is 0 Å². The molecule has 198 valence electrons. The molecule has 4 aromatic rings. The Morgan fingerprint density at radius 1 is 0.763 bits per heavy atom. The van der Waals surface area contributed by atoms with Crippen LogP contribution in [0.1, 0.15) is 16.7 Å². The van der Waals surface area contributed by atoms with Crippen LogP contribution in [0.2, 0.25) is 10.0 Å². The van der Waals surface area contributed by atoms with Gasteiger partial charge in [-0.3, -0.25) is 0 Å². The fraction of sp³-hybridized carbons (Fsp3) is 0.111. The van der Waals surface area contributed by atoms with E-state index in [2.05, 4.69) is 0 Å². The second-order valence-electron chi connectivity index (χ2n) is 8.40. The Labute approximate surface area is 226 Å². The first-order chi connectivity index (χ1) is 17.8. The van der Waals surface area contributed by atoms with Gasteiger partial charge >= 0.3 is 6.18 Å². The van der Waals surface area contributed by atoms with Crippen molar-refractivity contribution in [2.24, 2.45) is 0 Å². The highest BCUT2D eigenvalue weighted by Crippen LogP contribution is 2.42. The molecule has 4 rings (SSSR count). The van der Waals surface area contributed by atoms with Gasteiger partial charge < -0.3 is 5.11 Å². The summed E-state index contributed by atoms with van der Waals surface area (Å²) in [4.78, 5) is -0.992. The van der Waals surface area contributed by atoms with Gasteiger partial charge in [-0.2, -0.15) is 17.5 Å². The molecular formula is C27H19Cl2F4NO3S. The molecule has 4 nitrogen and oxygen atoms in total. The summed E-state index contributed by atoms with van der Waals surface area (Å²) in [5, 5.41) is 10.4. The van der Waals surface area contributed by atoms with Crippen LogP contribution in [0.15, 0.2) is 89.8 Å². The molecule has 0 heterocycles. The number of aromatic hydroxyl groups is 1. The van der Waals surface area contributed by atoms with E-state index < -0.39 is 43.2 Å². The molecule has 0 aliphatic carbocycles. The molecule has 0 aliphatic heterocycles. The number of hydrogen-bond donors (Lipinski definition) is 1. The molecule has 0 saturated heterocycles. The van der Waals surface area contributed by atoms with Crippen LogP contribution in [0.3, 0.4) is 0 Å². The number of alkyl halides is 3. The summed E-state index contributed by atoms with van der Waals surface area (Å²) in [5.74, 6) is -2.00. The Hall–Kier alpha value is -3.11. The van der Waals surface area contributed by atoms with E-state index in [0.29, 0.717) is 22.2 Å². The summed E-state index contributed by atoms with van der Waals surface area (Å²) in [6.45, 7) is -0.588. The number of hydrogen-bond acceptors (Lipinski definition) is 3. The third kappa shape index (κ3) is 6.30. The van der Waals surface area contributed by atoms with E-state index in [1.807, 2.05) is 6.07 Å². The zero-order valence-electron chi connectivity index (χ0n) is 19.4. The van der Waals surface area contributed by atoms with Crippen molar-refractivity contribution in [2.75, 3.05) is 0 Å². The summed E-state index contributed by atoms with van der Waals surface area (Å²) in [6, 6.07) is 20.1. The predicted molar refractivity (Wildman–Crippen MR) is 138 cm³/mol. The molecule has 0 fully saturated rings. The maximum atomic E-state index is 13.7. The summed E-state index contributed by atoms with van der Waals surface area (Å²) in [7, 11) is -4.74. The van der Waals surface area contributed by atoms with E-state index in [1.165, 1.54) is 12.1 Å². The van der Waals surface area contributed by atoms with Crippen LogP contribution in [0.4, 0.5) is 17.6 Å². The quantitative estimate of drug-likeness (QED) is 0.225. The number of rotatable bonds is 7. The van der Waals surface area contributed by atoms with Crippen LogP contribution in [0, 0.1) is 5.82 Å². The highest BCUT2D eigenvalue weighted by atomic mass is 35.5. The standard InChI is InChI=1S/C27H19Cl2F4NO3S/c28-21-8-6-19(7-9-21)20-3-1-2-18(12-20)16-34(15-17-4-10-23(30)11-5-17)38(36,37)25-14-22(29)13-24(26(25)35)27(31,32)33/h1-14,35H,15-16H2. The molecular weight excluding hydrogens is 565 g/mol. The molecule has 0 amide bonds. The molecule has 0 unspecified atom stereocenters. The average Bonchev–Trinajstić information content (AvgIpc) is 2.86. The third-order valence-corrected chi connectivity index (χ3v) is 7.97. The fourth-order valence-electron chi connectivity index (χ4n) is 3.84. The summed E-state index contributed by atoms with van der Waals surface area (Å²) < 4.78 is 82.2. The second kappa shape index (κ2) is 10.9. The Morgan fingerprint density at radius 2 is 1.39 bits per heavy atom. The highest BCUT2D eigenvalue weighted by Gasteiger charge is 2.39. The van der Waals surface area contributed by atoms with Crippen LogP contribution in [-0.2, 0) is 29.3 Å². The topological polar surface area (TPSA) is 57.6 Å². The van der Waals surface area contributed by atoms with Crippen molar-refractivity contribution in [1.29, 1.82) is 0 Å². The summed E-state index contributed by atoms with van der Waals surface area (Å²) in [6.07, 6.45) is -5.05. The van der Waals surface area contributed by atoms with E-state index in [9.17, 15) is 31.1 Å². The Balaban J connectivity index is 1.79. The average molecular weight is 584 g/mol. The van der Waals surface area contributed by atoms with Gasteiger partial charge in [-0.15, -0.1) is 0 Å². The zero-order chi connectivity index (χ0) is 27.7. The molecule has 0 saturated carbocycles. The smallest absolute Gasteiger partial charge is 0.420 e. The molecule has 11 heteroatoms. The first-order valence-electron chi connectivity index (χ1n) is 11.0. The second-order valence-corrected chi connectivity index (χ2v) is 11.2. The van der Waals surface area contributed by atoms with Crippen molar-refractivity contribution < 1.29 is 31.1 Å². The van der Waals surface area contributed by atoms with Crippen LogP contribution < -0.4 is 0 Å². The van der Waals surface area contributed by atoms with Gasteiger partial charge in [-0.1, -0.05) is 65.7 Å². The summed E-state index contributed by atoms with van der Waals surface area (Å²) in [5.41, 5.74) is 0.881. The van der Waals surface area contributed by atoms with Gasteiger partial charge in [0.1, 0.15) is 22.0 Å². The normalized spacial score (nSPS) is 12.2. The van der Waals surface area contributed by atoms with Crippen LogP contribution >= 0.6 is 23.2 Å². The Morgan fingerprint density at radius 3 is 2.03 bits per heavy atom. The van der Waals surface area contributed by atoms with Gasteiger partial charge in [0.25, 0.3) is 0 Å². The molecule has 0 spiro atoms. The van der Waals surface area contributed by atoms with Crippen molar-refractivity contribution in [3.63, 3.8) is 0 Å². The minimum Gasteiger partial charge on any atom is -0.506 e. The lowest BCUT2D eigenvalue weighted by Crippen LogP contribution is -2.30. The molecule has 0 aromatic heterocycles. The van der Waals surface area contributed by atoms with Crippen molar-refractivity contribution in [1.82, 2.24) is 4.31 Å². The van der Waals surface area contributed by atoms with Crippen LogP contribution in [-0.4, -0.2) is 17.8 Å². The number of nitrogens with zero attached hydrogens (tertiary/aromatic N) is 1. The van der Waals surface area contributed by atoms with Gasteiger partial charge in [0.05, 0.1) is 0 Å². The molecule has 38 heavy (non-hydrogen) atoms. The molecule has 0 bridgehead atoms. The lowest BCUT2D eigenvalue weighted by Gasteiger charge is -2.24. The van der Waals surface area contributed by atoms with E-state index >= 15 is 0 Å². The minimum absolute atomic E-state index is 0.269. The van der Waals surface area contributed by atoms with Gasteiger partial charge in [-0.25, -0.2) is 12.8 Å². The van der Waals surface area contributed by atoms with Crippen molar-refractivity contribution in [3.05, 3.63) is 117 Å². The SMILES string of the molecule is O=S(=O)(c1cc(Cl)cc(C(F)(F)F)c1O)N(Cc1ccc(F)cc1)Cc1cccc(-c2ccc(Cl)cc2)c1. The minimum atomic E-state index is -5.05. The maximum Gasteiger partial charge on any atom is 0.420 e. The predicted octanol–water partition coefficient (Wildman–Crippen LogP) is 7.92. The van der Waals surface area contributed by atoms with Gasteiger partial charge in [-0.05, 0) is 64.7 Å². The Kier molecular flexibility index (Phi) is 8.04. The molecule has 0 atom stereocenters. The van der Waals surface area contributed by atoms with E-state index in [-0.39, 0.29) is 13.1 Å². The number of phenols is 1. The Bertz CT molecular complexity index is 1560. The van der Waals surface area contributed by atoms with Crippen molar-refractivity contribution in [3.8, 4) is 16.9 Å².